The molecule has 0 amide bonds. The van der Waals surface area contributed by atoms with Crippen molar-refractivity contribution >= 4 is 103 Å². The van der Waals surface area contributed by atoms with Crippen molar-refractivity contribution in [3.05, 3.63) is 127 Å². The summed E-state index contributed by atoms with van der Waals surface area (Å²) in [6.07, 6.45) is 4.19. The van der Waals surface area contributed by atoms with Crippen LogP contribution < -0.4 is 0 Å². The maximum atomic E-state index is 5.84. The topological polar surface area (TPSA) is 25.8 Å². The van der Waals surface area contributed by atoms with E-state index in [9.17, 15) is 0 Å². The molecule has 4 aliphatic rings. The molecular weight excluding hydrogens is 677 g/mol. The van der Waals surface area contributed by atoms with E-state index < -0.39 is 0 Å². The molecule has 2 nitrogen and oxygen atoms in total. The van der Waals surface area contributed by atoms with Crippen LogP contribution in [0.25, 0.3) is 33.0 Å². The van der Waals surface area contributed by atoms with Gasteiger partial charge in [-0.05, 0) is 46.5 Å². The van der Waals surface area contributed by atoms with Crippen LogP contribution in [-0.2, 0) is 10.8 Å². The third-order valence-electron chi connectivity index (χ3n) is 9.81. The van der Waals surface area contributed by atoms with E-state index in [0.717, 1.165) is 74.3 Å². The molecule has 0 bridgehead atoms. The summed E-state index contributed by atoms with van der Waals surface area (Å²) in [4.78, 5) is 16.1. The number of hydrogen-bond donors (Lipinski definition) is 0. The Morgan fingerprint density at radius 3 is 1.17 bits per heavy atom. The number of aromatic nitrogens is 2. The molecule has 0 aliphatic heterocycles. The Bertz CT molecular complexity index is 2150. The highest BCUT2D eigenvalue weighted by molar-refractivity contribution is 7.84. The lowest BCUT2D eigenvalue weighted by atomic mass is 9.81. The molecule has 0 atom stereocenters. The number of hydrogen-bond acceptors (Lipinski definition) is 8. The molecule has 0 spiro atoms. The van der Waals surface area contributed by atoms with Gasteiger partial charge >= 0.3 is 0 Å². The summed E-state index contributed by atoms with van der Waals surface area (Å²) in [7, 11) is 0. The maximum Gasteiger partial charge on any atom is 0.117 e. The second kappa shape index (κ2) is 9.66. The van der Waals surface area contributed by atoms with Gasteiger partial charge in [0.2, 0.25) is 0 Å². The smallest absolute Gasteiger partial charge is 0.117 e. The van der Waals surface area contributed by atoms with Crippen molar-refractivity contribution in [2.75, 3.05) is 0 Å². The number of rotatable bonds is 2. The lowest BCUT2D eigenvalue weighted by molar-refractivity contribution is 0.632. The quantitative estimate of drug-likeness (QED) is 0.134. The van der Waals surface area contributed by atoms with Gasteiger partial charge in [-0.3, -0.25) is 0 Å². The fourth-order valence-electron chi connectivity index (χ4n) is 7.33. The van der Waals surface area contributed by atoms with E-state index >= 15 is 0 Å². The highest BCUT2D eigenvalue weighted by atomic mass is 32.1. The van der Waals surface area contributed by atoms with Crippen LogP contribution >= 0.6 is 71.5 Å². The molecule has 8 heteroatoms. The normalized spacial score (nSPS) is 17.6. The number of thiocarbonyl (C=S) groups is 4. The Morgan fingerprint density at radius 1 is 0.522 bits per heavy atom. The van der Waals surface area contributed by atoms with Crippen molar-refractivity contribution in [3.63, 3.8) is 0 Å². The monoisotopic (exact) mass is 700 g/mol. The number of fused-ring (bicyclic) bond motifs is 8. The van der Waals surface area contributed by atoms with Crippen molar-refractivity contribution in [2.24, 2.45) is 0 Å². The molecule has 2 heterocycles. The van der Waals surface area contributed by atoms with Gasteiger partial charge in [-0.1, -0.05) is 125 Å². The van der Waals surface area contributed by atoms with Crippen molar-refractivity contribution in [3.8, 4) is 20.9 Å². The molecule has 0 saturated carbocycles. The Morgan fingerprint density at radius 2 is 0.848 bits per heavy atom. The largest absolute Gasteiger partial charge is 0.240 e. The fourth-order valence-corrected chi connectivity index (χ4v) is 11.2. The minimum atomic E-state index is -0.247. The fraction of sp³-hybridized carbons (Fsp3) is 0.158. The Hall–Kier alpha value is -3.24. The highest BCUT2D eigenvalue weighted by Crippen LogP contribution is 2.58. The summed E-state index contributed by atoms with van der Waals surface area (Å²) in [5.74, 6) is 0. The first kappa shape index (κ1) is 28.9. The zero-order chi connectivity index (χ0) is 31.9. The van der Waals surface area contributed by atoms with E-state index in [2.05, 4.69) is 76.2 Å². The van der Waals surface area contributed by atoms with Gasteiger partial charge in [0.1, 0.15) is 10.0 Å². The van der Waals surface area contributed by atoms with Crippen molar-refractivity contribution in [2.45, 2.75) is 38.5 Å². The molecule has 9 rings (SSSR count). The average molecular weight is 701 g/mol. The van der Waals surface area contributed by atoms with Gasteiger partial charge < -0.3 is 0 Å². The van der Waals surface area contributed by atoms with Crippen LogP contribution in [0.2, 0.25) is 0 Å². The average Bonchev–Trinajstić information content (AvgIpc) is 3.84. The van der Waals surface area contributed by atoms with Crippen LogP contribution in [0.4, 0.5) is 0 Å². The Balaban J connectivity index is 1.11. The molecule has 46 heavy (non-hydrogen) atoms. The number of thiazole rings is 2. The number of nitrogens with zero attached hydrogens (tertiary/aromatic N) is 2. The number of benzene rings is 3. The van der Waals surface area contributed by atoms with Crippen LogP contribution in [0.5, 0.6) is 0 Å². The molecule has 4 aliphatic carbocycles. The molecular formula is C38H24N2S6. The zero-order valence-corrected chi connectivity index (χ0v) is 30.2. The maximum absolute atomic E-state index is 5.84. The van der Waals surface area contributed by atoms with Gasteiger partial charge in [0.15, 0.2) is 0 Å². The van der Waals surface area contributed by atoms with E-state index in [1.807, 2.05) is 24.3 Å². The minimum Gasteiger partial charge on any atom is -0.240 e. The second-order valence-corrected chi connectivity index (χ2v) is 16.9. The van der Waals surface area contributed by atoms with Gasteiger partial charge in [0.05, 0.1) is 40.6 Å². The van der Waals surface area contributed by atoms with E-state index in [0.29, 0.717) is 0 Å². The Labute approximate surface area is 297 Å². The molecule has 0 fully saturated rings. The standard InChI is InChI=1S/C38H24N2S6/c1-37(2)25-13-22-26(14-21(25)33-35(37)39-27(45-33)15-23-29(41)17-9-5-6-10-18(17)30(23)42)38(3,4)36-34(22)46-28(40-36)16-24-31(43)19-11-7-8-12-20(19)32(24)44/h5-16H,1-4H3. The number of allylic oxidation sites excluding steroid dienone is 2. The predicted molar refractivity (Wildman–Crippen MR) is 209 cm³/mol. The van der Waals surface area contributed by atoms with Crippen LogP contribution in [0.15, 0.2) is 71.8 Å². The van der Waals surface area contributed by atoms with E-state index in [1.54, 1.807) is 22.7 Å². The SMILES string of the molecule is CC1(C)c2cc3c(cc2-c2sc(C=C4C(=S)c5ccccc5C4=S)nc21)C(C)(C)c1nc(C=C2C(=S)c4ccccc4C2=S)sc1-3. The summed E-state index contributed by atoms with van der Waals surface area (Å²) >= 11 is 26.8. The third-order valence-corrected chi connectivity index (χ3v) is 13.6. The van der Waals surface area contributed by atoms with Crippen LogP contribution in [-0.4, -0.2) is 29.4 Å². The molecule has 5 aromatic rings. The molecule has 2 aromatic heterocycles. The third kappa shape index (κ3) is 3.77. The van der Waals surface area contributed by atoms with Gasteiger partial charge in [0.25, 0.3) is 0 Å². The highest BCUT2D eigenvalue weighted by Gasteiger charge is 2.45. The molecule has 0 radical (unpaired) electrons. The molecule has 0 saturated heterocycles. The molecule has 0 N–H and O–H groups in total. The van der Waals surface area contributed by atoms with E-state index in [4.69, 9.17) is 58.8 Å². The van der Waals surface area contributed by atoms with E-state index in [-0.39, 0.29) is 10.8 Å². The minimum absolute atomic E-state index is 0.247. The van der Waals surface area contributed by atoms with Crippen molar-refractivity contribution < 1.29 is 0 Å². The molecule has 3 aromatic carbocycles. The zero-order valence-electron chi connectivity index (χ0n) is 25.3. The first-order valence-electron chi connectivity index (χ1n) is 15.0. The van der Waals surface area contributed by atoms with Gasteiger partial charge in [-0.2, -0.15) is 0 Å². The summed E-state index contributed by atoms with van der Waals surface area (Å²) < 4.78 is 0. The summed E-state index contributed by atoms with van der Waals surface area (Å²) in [6.45, 7) is 9.13. The van der Waals surface area contributed by atoms with Crippen LogP contribution in [0, 0.1) is 0 Å². The van der Waals surface area contributed by atoms with Crippen molar-refractivity contribution in [1.82, 2.24) is 9.97 Å². The van der Waals surface area contributed by atoms with Crippen LogP contribution in [0.1, 0.15) is 82.5 Å². The lowest BCUT2D eigenvalue weighted by Gasteiger charge is -2.23. The van der Waals surface area contributed by atoms with Gasteiger partial charge in [0, 0.05) is 44.2 Å². The van der Waals surface area contributed by atoms with Gasteiger partial charge in [-0.15, -0.1) is 22.7 Å². The summed E-state index contributed by atoms with van der Waals surface area (Å²) in [5, 5.41) is 1.89. The first-order valence-corrected chi connectivity index (χ1v) is 18.3. The second-order valence-electron chi connectivity index (χ2n) is 13.2. The Kier molecular flexibility index (Phi) is 6.08. The summed E-state index contributed by atoms with van der Waals surface area (Å²) in [5.41, 5.74) is 12.9. The van der Waals surface area contributed by atoms with E-state index in [1.165, 1.54) is 32.0 Å². The molecule has 222 valence electrons. The van der Waals surface area contributed by atoms with Gasteiger partial charge in [-0.25, -0.2) is 9.97 Å². The summed E-state index contributed by atoms with van der Waals surface area (Å²) in [6, 6.07) is 21.1. The van der Waals surface area contributed by atoms with Crippen molar-refractivity contribution in [1.29, 1.82) is 0 Å². The predicted octanol–water partition coefficient (Wildman–Crippen LogP) is 10.3. The molecule has 0 unspecified atom stereocenters. The first-order chi connectivity index (χ1) is 22.0. The lowest BCUT2D eigenvalue weighted by Crippen LogP contribution is -2.18. The van der Waals surface area contributed by atoms with Crippen LogP contribution in [0.3, 0.4) is 0 Å².